The molecule has 0 spiro atoms. The summed E-state index contributed by atoms with van der Waals surface area (Å²) < 4.78 is 28.2. The van der Waals surface area contributed by atoms with Gasteiger partial charge in [0.05, 0.1) is 0 Å². The lowest BCUT2D eigenvalue weighted by atomic mass is 9.98. The smallest absolute Gasteiger partial charge is 0.280 e. The molecule has 1 aromatic rings. The standard InChI is InChI=1S/C14H21N3O3S/c1-4-10(2)13-14(18)16-12-8-6-5-7-11(12)9-17(13)21(19,20)15-3/h5-8,10,13,15H,4,9H2,1-3H3,(H,16,18). The van der Waals surface area contributed by atoms with E-state index in [0.29, 0.717) is 12.1 Å². The van der Waals surface area contributed by atoms with E-state index in [1.165, 1.54) is 11.4 Å². The van der Waals surface area contributed by atoms with Crippen molar-refractivity contribution in [1.82, 2.24) is 9.03 Å². The van der Waals surface area contributed by atoms with E-state index < -0.39 is 16.3 Å². The Bertz CT molecular complexity index is 630. The highest BCUT2D eigenvalue weighted by Crippen LogP contribution is 2.28. The number of amides is 1. The normalized spacial score (nSPS) is 21.3. The van der Waals surface area contributed by atoms with Crippen LogP contribution in [0, 0.1) is 5.92 Å². The highest BCUT2D eigenvalue weighted by molar-refractivity contribution is 7.87. The van der Waals surface area contributed by atoms with Crippen LogP contribution < -0.4 is 10.0 Å². The average molecular weight is 311 g/mol. The van der Waals surface area contributed by atoms with Crippen LogP contribution in [0.5, 0.6) is 0 Å². The van der Waals surface area contributed by atoms with E-state index in [0.717, 1.165) is 5.56 Å². The number of nitrogens with zero attached hydrogens (tertiary/aromatic N) is 1. The summed E-state index contributed by atoms with van der Waals surface area (Å²) in [7, 11) is -2.34. The van der Waals surface area contributed by atoms with Gasteiger partial charge in [-0.15, -0.1) is 0 Å². The minimum absolute atomic E-state index is 0.0811. The molecule has 7 heteroatoms. The first-order chi connectivity index (χ1) is 9.90. The van der Waals surface area contributed by atoms with Gasteiger partial charge in [-0.2, -0.15) is 12.7 Å². The van der Waals surface area contributed by atoms with Gasteiger partial charge in [-0.3, -0.25) is 4.79 Å². The molecule has 0 aromatic heterocycles. The van der Waals surface area contributed by atoms with Crippen LogP contribution in [0.4, 0.5) is 5.69 Å². The second-order valence-corrected chi connectivity index (χ2v) is 7.06. The summed E-state index contributed by atoms with van der Waals surface area (Å²) in [5.41, 5.74) is 1.46. The number of rotatable bonds is 4. The van der Waals surface area contributed by atoms with E-state index in [1.807, 2.05) is 32.0 Å². The maximum atomic E-state index is 12.5. The van der Waals surface area contributed by atoms with Crippen molar-refractivity contribution in [2.75, 3.05) is 12.4 Å². The molecule has 1 aliphatic heterocycles. The lowest BCUT2D eigenvalue weighted by Gasteiger charge is -2.30. The Morgan fingerprint density at radius 3 is 2.71 bits per heavy atom. The fourth-order valence-electron chi connectivity index (χ4n) is 2.50. The van der Waals surface area contributed by atoms with Crippen molar-refractivity contribution >= 4 is 21.8 Å². The molecule has 2 rings (SSSR count). The molecular formula is C14H21N3O3S. The van der Waals surface area contributed by atoms with E-state index >= 15 is 0 Å². The van der Waals surface area contributed by atoms with Gasteiger partial charge in [0.15, 0.2) is 0 Å². The maximum Gasteiger partial charge on any atom is 0.280 e. The van der Waals surface area contributed by atoms with Gasteiger partial charge in [-0.1, -0.05) is 38.5 Å². The van der Waals surface area contributed by atoms with Crippen molar-refractivity contribution in [2.24, 2.45) is 5.92 Å². The zero-order valence-electron chi connectivity index (χ0n) is 12.5. The summed E-state index contributed by atoms with van der Waals surface area (Å²) in [6.45, 7) is 4.01. The zero-order valence-corrected chi connectivity index (χ0v) is 13.3. The van der Waals surface area contributed by atoms with Crippen molar-refractivity contribution in [3.63, 3.8) is 0 Å². The van der Waals surface area contributed by atoms with Crippen molar-refractivity contribution in [3.8, 4) is 0 Å². The van der Waals surface area contributed by atoms with E-state index in [4.69, 9.17) is 0 Å². The Kier molecular flexibility index (Phi) is 4.65. The van der Waals surface area contributed by atoms with Gasteiger partial charge in [-0.25, -0.2) is 4.72 Å². The molecule has 0 saturated heterocycles. The second kappa shape index (κ2) is 6.13. The first kappa shape index (κ1) is 15.9. The molecule has 2 atom stereocenters. The van der Waals surface area contributed by atoms with Crippen LogP contribution in [0.15, 0.2) is 24.3 Å². The van der Waals surface area contributed by atoms with Gasteiger partial charge in [-0.05, 0) is 17.5 Å². The molecule has 0 radical (unpaired) electrons. The quantitative estimate of drug-likeness (QED) is 0.880. The molecule has 116 valence electrons. The number of fused-ring (bicyclic) bond motifs is 1. The third-order valence-electron chi connectivity index (χ3n) is 3.93. The van der Waals surface area contributed by atoms with Crippen LogP contribution in [0.1, 0.15) is 25.8 Å². The van der Waals surface area contributed by atoms with Gasteiger partial charge in [0.1, 0.15) is 6.04 Å². The summed E-state index contributed by atoms with van der Waals surface area (Å²) in [6, 6.07) is 6.54. The minimum Gasteiger partial charge on any atom is -0.324 e. The van der Waals surface area contributed by atoms with E-state index in [-0.39, 0.29) is 18.4 Å². The van der Waals surface area contributed by atoms with Crippen LogP contribution in [0.2, 0.25) is 0 Å². The number of carbonyl (C=O) groups is 1. The SMILES string of the molecule is CCC(C)C1C(=O)Nc2ccccc2CN1S(=O)(=O)NC. The molecule has 6 nitrogen and oxygen atoms in total. The monoisotopic (exact) mass is 311 g/mol. The molecule has 1 aliphatic rings. The fourth-order valence-corrected chi connectivity index (χ4v) is 3.65. The fraction of sp³-hybridized carbons (Fsp3) is 0.500. The van der Waals surface area contributed by atoms with Crippen LogP contribution in [-0.4, -0.2) is 31.7 Å². The zero-order chi connectivity index (χ0) is 15.6. The molecule has 0 saturated carbocycles. The van der Waals surface area contributed by atoms with Gasteiger partial charge in [0.2, 0.25) is 5.91 Å². The molecule has 1 heterocycles. The summed E-state index contributed by atoms with van der Waals surface area (Å²) in [5, 5.41) is 2.84. The molecule has 0 fully saturated rings. The molecule has 1 amide bonds. The molecule has 21 heavy (non-hydrogen) atoms. The highest BCUT2D eigenvalue weighted by Gasteiger charge is 2.39. The van der Waals surface area contributed by atoms with Gasteiger partial charge in [0.25, 0.3) is 10.2 Å². The van der Waals surface area contributed by atoms with E-state index in [9.17, 15) is 13.2 Å². The average Bonchev–Trinajstić information content (AvgIpc) is 2.62. The Hall–Kier alpha value is -1.44. The van der Waals surface area contributed by atoms with Crippen LogP contribution in [-0.2, 0) is 21.5 Å². The number of para-hydroxylation sites is 1. The summed E-state index contributed by atoms with van der Waals surface area (Å²) in [4.78, 5) is 12.5. The predicted molar refractivity (Wildman–Crippen MR) is 81.8 cm³/mol. The molecule has 1 aromatic carbocycles. The topological polar surface area (TPSA) is 78.5 Å². The molecule has 0 bridgehead atoms. The third kappa shape index (κ3) is 3.09. The lowest BCUT2D eigenvalue weighted by molar-refractivity contribution is -0.121. The van der Waals surface area contributed by atoms with E-state index in [1.54, 1.807) is 6.07 Å². The maximum absolute atomic E-state index is 12.5. The first-order valence-corrected chi connectivity index (χ1v) is 8.43. The van der Waals surface area contributed by atoms with Gasteiger partial charge >= 0.3 is 0 Å². The molecule has 2 unspecified atom stereocenters. The number of anilines is 1. The summed E-state index contributed by atoms with van der Waals surface area (Å²) >= 11 is 0. The number of hydrogen-bond acceptors (Lipinski definition) is 3. The highest BCUT2D eigenvalue weighted by atomic mass is 32.2. The van der Waals surface area contributed by atoms with Crippen molar-refractivity contribution in [1.29, 1.82) is 0 Å². The Morgan fingerprint density at radius 1 is 1.43 bits per heavy atom. The van der Waals surface area contributed by atoms with Crippen molar-refractivity contribution < 1.29 is 13.2 Å². The molecule has 0 aliphatic carbocycles. The number of nitrogens with one attached hydrogen (secondary N) is 2. The second-order valence-electron chi connectivity index (χ2n) is 5.23. The molecule has 2 N–H and O–H groups in total. The van der Waals surface area contributed by atoms with Gasteiger partial charge in [0, 0.05) is 19.3 Å². The number of benzene rings is 1. The van der Waals surface area contributed by atoms with Gasteiger partial charge < -0.3 is 5.32 Å². The third-order valence-corrected chi connectivity index (χ3v) is 5.42. The predicted octanol–water partition coefficient (Wildman–Crippen LogP) is 1.32. The van der Waals surface area contributed by atoms with Crippen molar-refractivity contribution in [2.45, 2.75) is 32.9 Å². The number of hydrogen-bond donors (Lipinski definition) is 2. The summed E-state index contributed by atoms with van der Waals surface area (Å²) in [5.74, 6) is -0.365. The Balaban J connectivity index is 2.53. The van der Waals surface area contributed by atoms with E-state index in [2.05, 4.69) is 10.0 Å². The largest absolute Gasteiger partial charge is 0.324 e. The lowest BCUT2D eigenvalue weighted by Crippen LogP contribution is -2.51. The van der Waals surface area contributed by atoms with Crippen LogP contribution in [0.3, 0.4) is 0 Å². The Morgan fingerprint density at radius 2 is 2.10 bits per heavy atom. The van der Waals surface area contributed by atoms with Crippen molar-refractivity contribution in [3.05, 3.63) is 29.8 Å². The number of carbonyl (C=O) groups excluding carboxylic acids is 1. The molecular weight excluding hydrogens is 290 g/mol. The van der Waals surface area contributed by atoms with Crippen LogP contribution in [0.25, 0.3) is 0 Å². The minimum atomic E-state index is -3.70. The Labute approximate surface area is 125 Å². The first-order valence-electron chi connectivity index (χ1n) is 6.99. The summed E-state index contributed by atoms with van der Waals surface area (Å²) in [6.07, 6.45) is 0.712. The van der Waals surface area contributed by atoms with Crippen LogP contribution >= 0.6 is 0 Å².